The van der Waals surface area contributed by atoms with E-state index in [2.05, 4.69) is 217 Å². The number of anilines is 3. The Morgan fingerprint density at radius 2 is 0.807 bits per heavy atom. The van der Waals surface area contributed by atoms with E-state index in [1.165, 1.54) is 66.8 Å². The van der Waals surface area contributed by atoms with Crippen molar-refractivity contribution in [1.82, 2.24) is 0 Å². The zero-order valence-corrected chi connectivity index (χ0v) is 31.1. The first-order valence-corrected chi connectivity index (χ1v) is 19.7. The van der Waals surface area contributed by atoms with Gasteiger partial charge < -0.3 is 9.32 Å². The largest absolute Gasteiger partial charge is 0.454 e. The molecule has 1 spiro atoms. The van der Waals surface area contributed by atoms with Crippen LogP contribution < -0.4 is 4.90 Å². The quantitative estimate of drug-likeness (QED) is 0.176. The summed E-state index contributed by atoms with van der Waals surface area (Å²) in [6.45, 7) is 0. The Bertz CT molecular complexity index is 3030. The fraction of sp³-hybridized carbons (Fsp3) is 0.0182. The van der Waals surface area contributed by atoms with Crippen molar-refractivity contribution in [2.75, 3.05) is 4.90 Å². The summed E-state index contributed by atoms with van der Waals surface area (Å²) < 4.78 is 7.08. The summed E-state index contributed by atoms with van der Waals surface area (Å²) in [5.41, 5.74) is 19.4. The van der Waals surface area contributed by atoms with Crippen LogP contribution in [0.1, 0.15) is 22.3 Å². The van der Waals surface area contributed by atoms with Crippen molar-refractivity contribution >= 4 is 39.0 Å². The van der Waals surface area contributed by atoms with E-state index in [1.54, 1.807) is 0 Å². The molecule has 0 atom stereocenters. The van der Waals surface area contributed by atoms with Crippen molar-refractivity contribution < 1.29 is 4.42 Å². The average Bonchev–Trinajstić information content (AvgIpc) is 3.92. The second-order valence-corrected chi connectivity index (χ2v) is 15.2. The Kier molecular flexibility index (Phi) is 6.88. The predicted octanol–water partition coefficient (Wildman–Crippen LogP) is 14.7. The summed E-state index contributed by atoms with van der Waals surface area (Å²) in [5, 5.41) is 2.27. The molecule has 2 heteroatoms. The number of para-hydroxylation sites is 1. The van der Waals surface area contributed by atoms with Gasteiger partial charge in [-0.25, -0.2) is 0 Å². The molecule has 2 aliphatic carbocycles. The normalized spacial score (nSPS) is 13.1. The van der Waals surface area contributed by atoms with Crippen LogP contribution in [0.4, 0.5) is 17.1 Å². The third kappa shape index (κ3) is 4.53. The van der Waals surface area contributed by atoms with E-state index in [-0.39, 0.29) is 0 Å². The molecule has 0 saturated carbocycles. The van der Waals surface area contributed by atoms with Gasteiger partial charge in [0.1, 0.15) is 5.58 Å². The van der Waals surface area contributed by atoms with Crippen LogP contribution in [-0.2, 0) is 5.41 Å². The maximum Gasteiger partial charge on any atom is 0.160 e. The summed E-state index contributed by atoms with van der Waals surface area (Å²) in [5.74, 6) is 0. The van der Waals surface area contributed by atoms with E-state index < -0.39 is 5.41 Å². The minimum atomic E-state index is -0.513. The Hall–Kier alpha value is -7.42. The highest BCUT2D eigenvalue weighted by atomic mass is 16.3. The van der Waals surface area contributed by atoms with Gasteiger partial charge in [-0.15, -0.1) is 0 Å². The molecule has 0 fully saturated rings. The molecule has 0 amide bonds. The van der Waals surface area contributed by atoms with Crippen molar-refractivity contribution in [3.63, 3.8) is 0 Å². The van der Waals surface area contributed by atoms with Crippen LogP contribution in [0.3, 0.4) is 0 Å². The van der Waals surface area contributed by atoms with Crippen molar-refractivity contribution in [3.8, 4) is 44.5 Å². The molecular weight excluding hydrogens is 691 g/mol. The molecule has 1 aromatic heterocycles. The maximum atomic E-state index is 7.08. The van der Waals surface area contributed by atoms with E-state index in [0.29, 0.717) is 0 Å². The molecular formula is C55H35NO. The van der Waals surface area contributed by atoms with Crippen LogP contribution in [0.15, 0.2) is 217 Å². The molecule has 10 aromatic rings. The molecule has 0 N–H and O–H groups in total. The minimum Gasteiger partial charge on any atom is -0.454 e. The van der Waals surface area contributed by atoms with Crippen LogP contribution in [0.2, 0.25) is 0 Å². The van der Waals surface area contributed by atoms with E-state index in [1.807, 2.05) is 0 Å². The highest BCUT2D eigenvalue weighted by molar-refractivity contribution is 6.20. The maximum absolute atomic E-state index is 7.08. The van der Waals surface area contributed by atoms with Crippen molar-refractivity contribution in [2.45, 2.75) is 5.41 Å². The molecule has 266 valence electrons. The van der Waals surface area contributed by atoms with Crippen LogP contribution >= 0.6 is 0 Å². The number of rotatable bonds is 5. The lowest BCUT2D eigenvalue weighted by atomic mass is 9.70. The van der Waals surface area contributed by atoms with Crippen molar-refractivity contribution in [1.29, 1.82) is 0 Å². The number of nitrogens with zero attached hydrogens (tertiary/aromatic N) is 1. The second-order valence-electron chi connectivity index (χ2n) is 15.2. The van der Waals surface area contributed by atoms with Gasteiger partial charge in [0.05, 0.1) is 11.1 Å². The Balaban J connectivity index is 1.19. The van der Waals surface area contributed by atoms with E-state index in [0.717, 1.165) is 39.0 Å². The molecule has 2 aliphatic rings. The van der Waals surface area contributed by atoms with E-state index >= 15 is 0 Å². The molecule has 9 aromatic carbocycles. The zero-order valence-electron chi connectivity index (χ0n) is 31.1. The van der Waals surface area contributed by atoms with Crippen molar-refractivity contribution in [3.05, 3.63) is 235 Å². The third-order valence-electron chi connectivity index (χ3n) is 12.3. The summed E-state index contributed by atoms with van der Waals surface area (Å²) in [4.78, 5) is 2.40. The van der Waals surface area contributed by atoms with E-state index in [4.69, 9.17) is 4.42 Å². The van der Waals surface area contributed by atoms with Gasteiger partial charge >= 0.3 is 0 Å². The van der Waals surface area contributed by atoms with Gasteiger partial charge in [0.15, 0.2) is 5.58 Å². The fourth-order valence-electron chi connectivity index (χ4n) is 9.91. The van der Waals surface area contributed by atoms with Gasteiger partial charge in [0.25, 0.3) is 0 Å². The predicted molar refractivity (Wildman–Crippen MR) is 236 cm³/mol. The number of hydrogen-bond acceptors (Lipinski definition) is 2. The Morgan fingerprint density at radius 1 is 0.368 bits per heavy atom. The second kappa shape index (κ2) is 12.3. The number of benzene rings is 9. The molecule has 2 nitrogen and oxygen atoms in total. The molecule has 12 rings (SSSR count). The van der Waals surface area contributed by atoms with Crippen LogP contribution in [0.25, 0.3) is 66.4 Å². The highest BCUT2D eigenvalue weighted by Gasteiger charge is 2.52. The first-order chi connectivity index (χ1) is 28.3. The van der Waals surface area contributed by atoms with Crippen LogP contribution in [-0.4, -0.2) is 0 Å². The molecule has 0 bridgehead atoms. The summed E-state index contributed by atoms with van der Waals surface area (Å²) in [6, 6.07) is 77.2. The highest BCUT2D eigenvalue weighted by Crippen LogP contribution is 2.65. The van der Waals surface area contributed by atoms with Crippen LogP contribution in [0.5, 0.6) is 0 Å². The Labute approximate surface area is 331 Å². The fourth-order valence-corrected chi connectivity index (χ4v) is 9.91. The van der Waals surface area contributed by atoms with Gasteiger partial charge in [-0.1, -0.05) is 176 Å². The molecule has 57 heavy (non-hydrogen) atoms. The molecule has 0 unspecified atom stereocenters. The number of fused-ring (bicyclic) bond motifs is 14. The lowest BCUT2D eigenvalue weighted by Crippen LogP contribution is -2.26. The third-order valence-corrected chi connectivity index (χ3v) is 12.3. The summed E-state index contributed by atoms with van der Waals surface area (Å²) in [6.07, 6.45) is 0. The summed E-state index contributed by atoms with van der Waals surface area (Å²) >= 11 is 0. The van der Waals surface area contributed by atoms with Gasteiger partial charge in [0.2, 0.25) is 0 Å². The number of hydrogen-bond donors (Lipinski definition) is 0. The number of furan rings is 1. The van der Waals surface area contributed by atoms with Gasteiger partial charge in [-0.3, -0.25) is 0 Å². The lowest BCUT2D eigenvalue weighted by molar-refractivity contribution is 0.668. The average molecular weight is 726 g/mol. The molecule has 0 radical (unpaired) electrons. The molecule has 0 saturated heterocycles. The van der Waals surface area contributed by atoms with Gasteiger partial charge in [-0.2, -0.15) is 0 Å². The van der Waals surface area contributed by atoms with Crippen LogP contribution in [0, 0.1) is 0 Å². The molecule has 1 heterocycles. The zero-order chi connectivity index (χ0) is 37.5. The Morgan fingerprint density at radius 3 is 1.37 bits per heavy atom. The van der Waals surface area contributed by atoms with Crippen molar-refractivity contribution in [2.24, 2.45) is 0 Å². The lowest BCUT2D eigenvalue weighted by Gasteiger charge is -2.32. The SMILES string of the molecule is c1ccc(-c2ccc(N(c3ccc(-c4ccccc4)cc3)c3cc4c(c5c3oc3ccccc35)-c3ccccc3C43c4ccccc4-c4ccccc43)cc2)cc1. The summed E-state index contributed by atoms with van der Waals surface area (Å²) in [7, 11) is 0. The van der Waals surface area contributed by atoms with Gasteiger partial charge in [0, 0.05) is 22.1 Å². The first kappa shape index (κ1) is 31.9. The smallest absolute Gasteiger partial charge is 0.160 e. The topological polar surface area (TPSA) is 16.4 Å². The first-order valence-electron chi connectivity index (χ1n) is 19.7. The molecule has 0 aliphatic heterocycles. The van der Waals surface area contributed by atoms with Gasteiger partial charge in [-0.05, 0) is 103 Å². The monoisotopic (exact) mass is 725 g/mol. The minimum absolute atomic E-state index is 0.513. The van der Waals surface area contributed by atoms with E-state index in [9.17, 15) is 0 Å². The standard InChI is InChI=1S/C55H35NO/c1-3-15-36(16-4-1)38-27-31-40(32-28-38)56(41-33-29-39(30-34-41)37-17-5-2-6-18-37)50-35-49-52(53-45-22-10-14-26-51(45)57-54(50)53)44-21-9-13-25-48(44)55(49)46-23-11-7-19-42(46)43-20-8-12-24-47(43)55/h1-35H.